The molecule has 0 radical (unpaired) electrons. The van der Waals surface area contributed by atoms with Crippen molar-refractivity contribution in [3.63, 3.8) is 0 Å². The lowest BCUT2D eigenvalue weighted by atomic mass is 10.0. The highest BCUT2D eigenvalue weighted by Crippen LogP contribution is 2.14. The Bertz CT molecular complexity index is 423. The zero-order valence-corrected chi connectivity index (χ0v) is 18.7. The molecule has 0 aliphatic carbocycles. The highest BCUT2D eigenvalue weighted by Gasteiger charge is 2.26. The number of hydrogen-bond acceptors (Lipinski definition) is 6. The van der Waals surface area contributed by atoms with Gasteiger partial charge in [0, 0.05) is 25.4 Å². The van der Waals surface area contributed by atoms with Crippen LogP contribution >= 0.6 is 0 Å². The maximum absolute atomic E-state index is 12.5. The molecule has 8 nitrogen and oxygen atoms in total. The summed E-state index contributed by atoms with van der Waals surface area (Å²) in [6.07, 6.45) is 2.55. The molecule has 0 spiro atoms. The molecule has 0 aromatic heterocycles. The van der Waals surface area contributed by atoms with Gasteiger partial charge in [-0.25, -0.2) is 4.79 Å². The molecule has 0 unspecified atom stereocenters. The summed E-state index contributed by atoms with van der Waals surface area (Å²) in [6, 6.07) is -0.190. The van der Waals surface area contributed by atoms with Crippen molar-refractivity contribution in [3.05, 3.63) is 0 Å². The number of nitrogens with one attached hydrogen (secondary N) is 3. The lowest BCUT2D eigenvalue weighted by Crippen LogP contribution is -2.53. The fourth-order valence-corrected chi connectivity index (χ4v) is 2.58. The predicted molar refractivity (Wildman–Crippen MR) is 112 cm³/mol. The third kappa shape index (κ3) is 12.2. The number of carbonyl (C=O) groups is 2. The van der Waals surface area contributed by atoms with Crippen molar-refractivity contribution in [2.24, 2.45) is 5.92 Å². The second-order valence-corrected chi connectivity index (χ2v) is 7.70. The summed E-state index contributed by atoms with van der Waals surface area (Å²) in [5.74, 6) is -0.254. The van der Waals surface area contributed by atoms with Gasteiger partial charge in [0.1, 0.15) is 6.61 Å². The molecule has 166 valence electrons. The van der Waals surface area contributed by atoms with Crippen LogP contribution in [-0.4, -0.2) is 68.7 Å². The minimum atomic E-state index is -0.375. The number of esters is 1. The van der Waals surface area contributed by atoms with E-state index in [4.69, 9.17) is 9.47 Å². The Kier molecular flexibility index (Phi) is 14.8. The van der Waals surface area contributed by atoms with E-state index in [1.54, 1.807) is 4.90 Å². The van der Waals surface area contributed by atoms with Crippen molar-refractivity contribution in [3.8, 4) is 0 Å². The van der Waals surface area contributed by atoms with Gasteiger partial charge in [0.2, 0.25) is 0 Å². The third-order valence-corrected chi connectivity index (χ3v) is 4.32. The zero-order chi connectivity index (χ0) is 21.4. The smallest absolute Gasteiger partial charge is 0.318 e. The van der Waals surface area contributed by atoms with Crippen molar-refractivity contribution in [1.29, 1.82) is 0 Å². The molecule has 0 aromatic carbocycles. The normalized spacial score (nSPS) is 11.5. The Labute approximate surface area is 171 Å². The fourth-order valence-electron chi connectivity index (χ4n) is 2.58. The van der Waals surface area contributed by atoms with Gasteiger partial charge in [0.05, 0.1) is 25.7 Å². The Morgan fingerprint density at radius 3 is 2.21 bits per heavy atom. The second-order valence-electron chi connectivity index (χ2n) is 7.70. The van der Waals surface area contributed by atoms with E-state index in [9.17, 15) is 9.59 Å². The van der Waals surface area contributed by atoms with Crippen molar-refractivity contribution < 1.29 is 19.1 Å². The van der Waals surface area contributed by atoms with Crippen molar-refractivity contribution in [2.75, 3.05) is 46.2 Å². The molecule has 0 aliphatic heterocycles. The Morgan fingerprint density at radius 2 is 1.64 bits per heavy atom. The van der Waals surface area contributed by atoms with E-state index >= 15 is 0 Å². The maximum Gasteiger partial charge on any atom is 0.318 e. The molecule has 28 heavy (non-hydrogen) atoms. The average Bonchev–Trinajstić information content (AvgIpc) is 2.63. The monoisotopic (exact) mass is 402 g/mol. The highest BCUT2D eigenvalue weighted by molar-refractivity contribution is 5.75. The van der Waals surface area contributed by atoms with Crippen LogP contribution in [0.1, 0.15) is 60.8 Å². The predicted octanol–water partition coefficient (Wildman–Crippen LogP) is 2.30. The lowest BCUT2D eigenvalue weighted by Gasteiger charge is -2.35. The number of rotatable bonds is 15. The van der Waals surface area contributed by atoms with E-state index in [0.29, 0.717) is 26.5 Å². The van der Waals surface area contributed by atoms with Gasteiger partial charge < -0.3 is 25.0 Å². The minimum Gasteiger partial charge on any atom is -0.464 e. The van der Waals surface area contributed by atoms with Gasteiger partial charge >= 0.3 is 12.0 Å². The maximum atomic E-state index is 12.5. The van der Waals surface area contributed by atoms with Gasteiger partial charge in [0.25, 0.3) is 0 Å². The van der Waals surface area contributed by atoms with Crippen LogP contribution in [0.4, 0.5) is 4.79 Å². The first-order valence-corrected chi connectivity index (χ1v) is 10.5. The first-order chi connectivity index (χ1) is 13.3. The van der Waals surface area contributed by atoms with E-state index in [1.165, 1.54) is 0 Å². The van der Waals surface area contributed by atoms with Crippen LogP contribution in [0.25, 0.3) is 0 Å². The zero-order valence-electron chi connectivity index (χ0n) is 18.7. The molecule has 0 rings (SSSR count). The topological polar surface area (TPSA) is 91.9 Å². The summed E-state index contributed by atoms with van der Waals surface area (Å²) in [5.41, 5.74) is -0.375. The average molecular weight is 403 g/mol. The molecule has 3 N–H and O–H groups in total. The lowest BCUT2D eigenvalue weighted by molar-refractivity contribution is -0.149. The molecule has 8 heteroatoms. The number of hydrogen-bond donors (Lipinski definition) is 3. The van der Waals surface area contributed by atoms with E-state index in [2.05, 4.69) is 22.9 Å². The quantitative estimate of drug-likeness (QED) is 0.221. The van der Waals surface area contributed by atoms with Gasteiger partial charge in [-0.2, -0.15) is 0 Å². The van der Waals surface area contributed by atoms with Crippen LogP contribution < -0.4 is 16.0 Å². The molecular formula is C20H42N4O4. The summed E-state index contributed by atoms with van der Waals surface area (Å²) >= 11 is 0. The SMILES string of the molecule is CCCOCCNCNCNC(=O)N(CCOC(=O)C(CC)CC)C(C)(C)C. The van der Waals surface area contributed by atoms with Crippen molar-refractivity contribution >= 4 is 12.0 Å². The summed E-state index contributed by atoms with van der Waals surface area (Å²) < 4.78 is 10.7. The van der Waals surface area contributed by atoms with Crippen molar-refractivity contribution in [2.45, 2.75) is 66.3 Å². The first-order valence-electron chi connectivity index (χ1n) is 10.5. The van der Waals surface area contributed by atoms with Gasteiger partial charge in [-0.1, -0.05) is 20.8 Å². The minimum absolute atomic E-state index is 0.0685. The van der Waals surface area contributed by atoms with Gasteiger partial charge in [0.15, 0.2) is 0 Å². The highest BCUT2D eigenvalue weighted by atomic mass is 16.5. The van der Waals surface area contributed by atoms with E-state index < -0.39 is 0 Å². The summed E-state index contributed by atoms with van der Waals surface area (Å²) in [7, 11) is 0. The number of carbonyl (C=O) groups excluding carboxylic acids is 2. The van der Waals surface area contributed by atoms with Crippen LogP contribution in [0.5, 0.6) is 0 Å². The molecule has 0 bridgehead atoms. The second kappa shape index (κ2) is 15.5. The molecule has 0 aliphatic rings. The van der Waals surface area contributed by atoms with Gasteiger partial charge in [-0.15, -0.1) is 0 Å². The Morgan fingerprint density at radius 1 is 0.964 bits per heavy atom. The van der Waals surface area contributed by atoms with E-state index in [1.807, 2.05) is 34.6 Å². The van der Waals surface area contributed by atoms with Crippen LogP contribution in [0.15, 0.2) is 0 Å². The van der Waals surface area contributed by atoms with Crippen molar-refractivity contribution in [1.82, 2.24) is 20.9 Å². The standard InChI is InChI=1S/C20H42N4O4/c1-7-12-27-13-10-21-15-22-16-23-19(26)24(20(4,5)6)11-14-28-18(25)17(8-2)9-3/h17,21-22H,7-16H2,1-6H3,(H,23,26). The molecule has 0 heterocycles. The van der Waals surface area contributed by atoms with Crippen LogP contribution in [0.3, 0.4) is 0 Å². The molecule has 0 saturated carbocycles. The number of amides is 2. The first kappa shape index (κ1) is 26.6. The van der Waals surface area contributed by atoms with Crippen LogP contribution in [-0.2, 0) is 14.3 Å². The van der Waals surface area contributed by atoms with Gasteiger partial charge in [-0.05, 0) is 40.0 Å². The summed E-state index contributed by atoms with van der Waals surface area (Å²) in [5, 5.41) is 9.14. The van der Waals surface area contributed by atoms with Crippen LogP contribution in [0.2, 0.25) is 0 Å². The summed E-state index contributed by atoms with van der Waals surface area (Å²) in [6.45, 7) is 15.6. The molecule has 2 amide bonds. The largest absolute Gasteiger partial charge is 0.464 e. The molecule has 0 atom stereocenters. The number of urea groups is 1. The number of nitrogens with zero attached hydrogens (tertiary/aromatic N) is 1. The third-order valence-electron chi connectivity index (χ3n) is 4.32. The number of ether oxygens (including phenoxy) is 2. The Balaban J connectivity index is 4.15. The molecular weight excluding hydrogens is 360 g/mol. The molecule has 0 fully saturated rings. The fraction of sp³-hybridized carbons (Fsp3) is 0.900. The van der Waals surface area contributed by atoms with E-state index in [0.717, 1.165) is 32.4 Å². The van der Waals surface area contributed by atoms with E-state index in [-0.39, 0.29) is 30.1 Å². The molecule has 0 saturated heterocycles. The summed E-state index contributed by atoms with van der Waals surface area (Å²) in [4.78, 5) is 26.2. The van der Waals surface area contributed by atoms with Gasteiger partial charge in [-0.3, -0.25) is 10.1 Å². The molecule has 0 aromatic rings. The van der Waals surface area contributed by atoms with Crippen LogP contribution in [0, 0.1) is 5.92 Å². The Hall–Kier alpha value is -1.38.